The molecule has 0 bridgehead atoms. The average molecular weight is 231 g/mol. The lowest BCUT2D eigenvalue weighted by atomic mass is 10.3. The minimum atomic E-state index is -0.0452. The van der Waals surface area contributed by atoms with Gasteiger partial charge in [-0.25, -0.2) is 4.99 Å². The number of para-hydroxylation sites is 1. The topological polar surface area (TPSA) is 47.9 Å². The van der Waals surface area contributed by atoms with Crippen LogP contribution in [0.5, 0.6) is 0 Å². The van der Waals surface area contributed by atoms with Crippen molar-refractivity contribution in [3.8, 4) is 0 Å². The first-order valence-corrected chi connectivity index (χ1v) is 5.78. The molecule has 2 N–H and O–H groups in total. The first-order valence-electron chi connectivity index (χ1n) is 5.78. The summed E-state index contributed by atoms with van der Waals surface area (Å²) in [4.78, 5) is 6.30. The molecule has 1 aromatic carbocycles. The summed E-state index contributed by atoms with van der Waals surface area (Å²) in [6, 6.07) is 9.80. The van der Waals surface area contributed by atoms with Crippen molar-refractivity contribution in [3.05, 3.63) is 42.3 Å². The molecule has 1 aliphatic rings. The van der Waals surface area contributed by atoms with Gasteiger partial charge >= 0.3 is 0 Å². The number of rotatable bonds is 2. The van der Waals surface area contributed by atoms with Gasteiger partial charge in [-0.3, -0.25) is 0 Å². The van der Waals surface area contributed by atoms with Gasteiger partial charge < -0.3 is 15.3 Å². The fourth-order valence-corrected chi connectivity index (χ4v) is 1.87. The Kier molecular flexibility index (Phi) is 3.32. The maximum Gasteiger partial charge on any atom is 0.192 e. The van der Waals surface area contributed by atoms with Crippen molar-refractivity contribution >= 4 is 11.5 Å². The summed E-state index contributed by atoms with van der Waals surface area (Å²) in [5, 5.41) is 13.0. The van der Waals surface area contributed by atoms with Crippen molar-refractivity contribution in [1.82, 2.24) is 4.90 Å². The molecule has 1 aliphatic heterocycles. The largest absolute Gasteiger partial charge is 0.495 e. The number of hydrogen-bond acceptors (Lipinski definition) is 4. The van der Waals surface area contributed by atoms with Crippen LogP contribution >= 0.6 is 0 Å². The number of anilines is 1. The van der Waals surface area contributed by atoms with Crippen molar-refractivity contribution in [3.63, 3.8) is 0 Å². The molecule has 1 heterocycles. The summed E-state index contributed by atoms with van der Waals surface area (Å²) in [5.74, 6) is 0.944. The zero-order valence-corrected chi connectivity index (χ0v) is 10.1. The van der Waals surface area contributed by atoms with E-state index in [1.807, 2.05) is 49.1 Å². The molecule has 0 aliphatic carbocycles. The zero-order chi connectivity index (χ0) is 12.3. The second-order valence-electron chi connectivity index (χ2n) is 3.93. The second-order valence-corrected chi connectivity index (χ2v) is 3.93. The van der Waals surface area contributed by atoms with Crippen LogP contribution in [-0.2, 0) is 0 Å². The highest BCUT2D eigenvalue weighted by Crippen LogP contribution is 2.15. The molecule has 4 nitrogen and oxygen atoms in total. The van der Waals surface area contributed by atoms with Gasteiger partial charge in [0.15, 0.2) is 5.88 Å². The van der Waals surface area contributed by atoms with Gasteiger partial charge in [-0.15, -0.1) is 0 Å². The minimum absolute atomic E-state index is 0.0452. The molecule has 0 radical (unpaired) electrons. The molecule has 0 fully saturated rings. The lowest BCUT2D eigenvalue weighted by molar-refractivity contribution is 0.167. The predicted octanol–water partition coefficient (Wildman–Crippen LogP) is 2.58. The molecule has 1 unspecified atom stereocenters. The van der Waals surface area contributed by atoms with Gasteiger partial charge in [-0.1, -0.05) is 18.2 Å². The average Bonchev–Trinajstić information content (AvgIpc) is 2.30. The fourth-order valence-electron chi connectivity index (χ4n) is 1.87. The van der Waals surface area contributed by atoms with Crippen LogP contribution in [0.4, 0.5) is 5.69 Å². The minimum Gasteiger partial charge on any atom is -0.495 e. The van der Waals surface area contributed by atoms with E-state index in [2.05, 4.69) is 10.3 Å². The van der Waals surface area contributed by atoms with E-state index in [-0.39, 0.29) is 12.0 Å². The zero-order valence-electron chi connectivity index (χ0n) is 10.1. The van der Waals surface area contributed by atoms with Gasteiger partial charge in [0.25, 0.3) is 0 Å². The standard InChI is InChI=1S/C13H17N3O/c1-3-16-10(2)14-12(9-13(16)17)15-11-7-5-4-6-8-11/h4-10,17H,3H2,1-2H3,(H,14,15). The van der Waals surface area contributed by atoms with E-state index in [1.54, 1.807) is 6.08 Å². The molecule has 4 heteroatoms. The normalized spacial score (nSPS) is 19.6. The summed E-state index contributed by atoms with van der Waals surface area (Å²) in [7, 11) is 0. The highest BCUT2D eigenvalue weighted by molar-refractivity contribution is 6.04. The molecule has 1 atom stereocenters. The number of benzene rings is 1. The van der Waals surface area contributed by atoms with Crippen molar-refractivity contribution in [2.24, 2.45) is 4.99 Å². The third-order valence-electron chi connectivity index (χ3n) is 2.72. The molecule has 17 heavy (non-hydrogen) atoms. The number of aliphatic imine (C=N–C) groups is 1. The molecule has 2 rings (SSSR count). The summed E-state index contributed by atoms with van der Waals surface area (Å²) in [6.07, 6.45) is 1.60. The van der Waals surface area contributed by atoms with Crippen LogP contribution in [0.3, 0.4) is 0 Å². The van der Waals surface area contributed by atoms with E-state index in [9.17, 15) is 5.11 Å². The van der Waals surface area contributed by atoms with Crippen LogP contribution in [0, 0.1) is 0 Å². The van der Waals surface area contributed by atoms with E-state index in [1.165, 1.54) is 0 Å². The van der Waals surface area contributed by atoms with Gasteiger partial charge in [0, 0.05) is 18.3 Å². The van der Waals surface area contributed by atoms with Gasteiger partial charge in [-0.2, -0.15) is 0 Å². The van der Waals surface area contributed by atoms with Crippen LogP contribution in [-0.4, -0.2) is 28.6 Å². The second kappa shape index (κ2) is 4.91. The molecule has 0 spiro atoms. The summed E-state index contributed by atoms with van der Waals surface area (Å²) < 4.78 is 0. The Balaban J connectivity index is 2.14. The quantitative estimate of drug-likeness (QED) is 0.822. The molecule has 90 valence electrons. The van der Waals surface area contributed by atoms with Gasteiger partial charge in [0.05, 0.1) is 0 Å². The van der Waals surface area contributed by atoms with E-state index in [0.29, 0.717) is 5.84 Å². The Labute approximate surface area is 101 Å². The van der Waals surface area contributed by atoms with Crippen molar-refractivity contribution in [2.45, 2.75) is 20.0 Å². The Bertz CT molecular complexity index is 439. The van der Waals surface area contributed by atoms with Crippen LogP contribution < -0.4 is 5.32 Å². The fraction of sp³-hybridized carbons (Fsp3) is 0.308. The third kappa shape index (κ3) is 2.58. The van der Waals surface area contributed by atoms with E-state index >= 15 is 0 Å². The smallest absolute Gasteiger partial charge is 0.192 e. The summed E-state index contributed by atoms with van der Waals surface area (Å²) >= 11 is 0. The summed E-state index contributed by atoms with van der Waals surface area (Å²) in [6.45, 7) is 4.69. The van der Waals surface area contributed by atoms with Gasteiger partial charge in [0.1, 0.15) is 12.0 Å². The highest BCUT2D eigenvalue weighted by Gasteiger charge is 2.19. The van der Waals surface area contributed by atoms with E-state index < -0.39 is 0 Å². The molecule has 0 saturated heterocycles. The van der Waals surface area contributed by atoms with Crippen molar-refractivity contribution in [1.29, 1.82) is 0 Å². The monoisotopic (exact) mass is 231 g/mol. The van der Waals surface area contributed by atoms with Crippen LogP contribution in [0.1, 0.15) is 13.8 Å². The first-order chi connectivity index (χ1) is 8.20. The van der Waals surface area contributed by atoms with Crippen LogP contribution in [0.25, 0.3) is 0 Å². The molecule has 0 aromatic heterocycles. The number of aliphatic hydroxyl groups is 1. The molecule has 1 aromatic rings. The Morgan fingerprint density at radius 1 is 1.35 bits per heavy atom. The Morgan fingerprint density at radius 3 is 2.65 bits per heavy atom. The number of hydrogen-bond donors (Lipinski definition) is 2. The lowest BCUT2D eigenvalue weighted by Gasteiger charge is -2.29. The van der Waals surface area contributed by atoms with Gasteiger partial charge in [-0.05, 0) is 26.0 Å². The van der Waals surface area contributed by atoms with Crippen molar-refractivity contribution in [2.75, 3.05) is 11.9 Å². The SMILES string of the molecule is CCN1C(O)=CC(Nc2ccccc2)=NC1C. The number of amidine groups is 1. The maximum atomic E-state index is 9.85. The molecular weight excluding hydrogens is 214 g/mol. The van der Waals surface area contributed by atoms with E-state index in [0.717, 1.165) is 12.2 Å². The predicted molar refractivity (Wildman–Crippen MR) is 70.1 cm³/mol. The number of nitrogens with zero attached hydrogens (tertiary/aromatic N) is 2. The van der Waals surface area contributed by atoms with Crippen molar-refractivity contribution < 1.29 is 5.11 Å². The highest BCUT2D eigenvalue weighted by atomic mass is 16.3. The molecular formula is C13H17N3O. The van der Waals surface area contributed by atoms with Gasteiger partial charge in [0.2, 0.25) is 0 Å². The Morgan fingerprint density at radius 2 is 2.06 bits per heavy atom. The third-order valence-corrected chi connectivity index (χ3v) is 2.72. The van der Waals surface area contributed by atoms with Crippen LogP contribution in [0.2, 0.25) is 0 Å². The number of aliphatic hydroxyl groups excluding tert-OH is 1. The first kappa shape index (κ1) is 11.5. The molecule has 0 saturated carbocycles. The lowest BCUT2D eigenvalue weighted by Crippen LogP contribution is -2.36. The van der Waals surface area contributed by atoms with Crippen LogP contribution in [0.15, 0.2) is 47.3 Å². The molecule has 0 amide bonds. The summed E-state index contributed by atoms with van der Waals surface area (Å²) in [5.41, 5.74) is 0.965. The van der Waals surface area contributed by atoms with E-state index in [4.69, 9.17) is 0 Å². The maximum absolute atomic E-state index is 9.85. The number of nitrogens with one attached hydrogen (secondary N) is 1. The Hall–Kier alpha value is -1.97.